The molecule has 0 spiro atoms. The molecule has 0 aliphatic rings. The summed E-state index contributed by atoms with van der Waals surface area (Å²) in [5.41, 5.74) is 0. The number of carboxylic acids is 1. The molecule has 0 amide bonds. The van der Waals surface area contributed by atoms with E-state index in [1.54, 1.807) is 0 Å². The summed E-state index contributed by atoms with van der Waals surface area (Å²) in [5.74, 6) is -2.34. The van der Waals surface area contributed by atoms with Crippen molar-refractivity contribution >= 4 is 17.9 Å². The molecule has 0 aromatic carbocycles. The van der Waals surface area contributed by atoms with E-state index in [4.69, 9.17) is 18.9 Å². The van der Waals surface area contributed by atoms with Crippen LogP contribution in [0.3, 0.4) is 0 Å². The third kappa shape index (κ3) is 78.8. The smallest absolute Gasteiger partial charge is 0.306 e. The molecular formula is C90H141NO8. The summed E-state index contributed by atoms with van der Waals surface area (Å²) in [6.07, 6.45) is 119. The van der Waals surface area contributed by atoms with Crippen LogP contribution < -0.4 is 5.11 Å². The van der Waals surface area contributed by atoms with Crippen molar-refractivity contribution in [2.24, 2.45) is 0 Å². The third-order valence-electron chi connectivity index (χ3n) is 15.7. The molecule has 0 radical (unpaired) electrons. The topological polar surface area (TPSA) is 111 Å². The third-order valence-corrected chi connectivity index (χ3v) is 15.7. The molecule has 0 fully saturated rings. The fourth-order valence-electron chi connectivity index (χ4n) is 9.87. The van der Waals surface area contributed by atoms with Gasteiger partial charge in [0.1, 0.15) is 13.2 Å². The Hall–Kier alpha value is -6.39. The lowest BCUT2D eigenvalue weighted by atomic mass is 10.0. The number of carbonyl (C=O) groups excluding carboxylic acids is 3. The number of carbonyl (C=O) groups is 3. The maximum absolute atomic E-state index is 13.0. The van der Waals surface area contributed by atoms with E-state index in [0.29, 0.717) is 17.4 Å². The first-order chi connectivity index (χ1) is 48.6. The van der Waals surface area contributed by atoms with Crippen LogP contribution in [0.1, 0.15) is 271 Å². The molecule has 0 N–H and O–H groups in total. The second kappa shape index (κ2) is 77.3. The first-order valence-corrected chi connectivity index (χ1v) is 38.9. The molecule has 0 rings (SSSR count). The Morgan fingerprint density at radius 1 is 0.303 bits per heavy atom. The number of aliphatic carboxylic acids is 1. The van der Waals surface area contributed by atoms with Crippen LogP contribution in [0.4, 0.5) is 0 Å². The van der Waals surface area contributed by atoms with E-state index in [9.17, 15) is 19.5 Å². The highest BCUT2D eigenvalue weighted by Gasteiger charge is 2.22. The van der Waals surface area contributed by atoms with Crippen LogP contribution in [-0.2, 0) is 33.3 Å². The average Bonchev–Trinajstić information content (AvgIpc) is 2.62. The van der Waals surface area contributed by atoms with Gasteiger partial charge in [0.2, 0.25) is 0 Å². The summed E-state index contributed by atoms with van der Waals surface area (Å²) in [6, 6.07) is 0. The summed E-state index contributed by atoms with van der Waals surface area (Å²) >= 11 is 0. The zero-order valence-corrected chi connectivity index (χ0v) is 63.3. The highest BCUT2D eigenvalue weighted by atomic mass is 16.7. The van der Waals surface area contributed by atoms with Crippen LogP contribution in [0.25, 0.3) is 0 Å². The van der Waals surface area contributed by atoms with Crippen LogP contribution in [0.15, 0.2) is 219 Å². The summed E-state index contributed by atoms with van der Waals surface area (Å²) < 4.78 is 22.8. The number of hydrogen-bond donors (Lipinski definition) is 0. The van der Waals surface area contributed by atoms with Crippen LogP contribution >= 0.6 is 0 Å². The van der Waals surface area contributed by atoms with Gasteiger partial charge >= 0.3 is 11.9 Å². The molecular weight excluding hydrogens is 1220 g/mol. The number of nitrogens with zero attached hydrogens (tertiary/aromatic N) is 1. The average molecular weight is 1370 g/mol. The highest BCUT2D eigenvalue weighted by molar-refractivity contribution is 5.70. The summed E-state index contributed by atoms with van der Waals surface area (Å²) in [4.78, 5) is 37.6. The summed E-state index contributed by atoms with van der Waals surface area (Å²) in [6.45, 7) is 4.47. The lowest BCUT2D eigenvalue weighted by molar-refractivity contribution is -0.870. The number of carboxylic acid groups (broad SMARTS) is 1. The normalized spacial score (nSPS) is 13.9. The predicted octanol–water partition coefficient (Wildman–Crippen LogP) is 23.9. The number of esters is 2. The quantitative estimate of drug-likeness (QED) is 0.0195. The molecule has 0 aromatic heterocycles. The molecule has 554 valence electrons. The second-order valence-electron chi connectivity index (χ2n) is 26.2. The minimum atomic E-state index is -1.64. The van der Waals surface area contributed by atoms with Crippen molar-refractivity contribution in [3.63, 3.8) is 0 Å². The second-order valence-corrected chi connectivity index (χ2v) is 26.2. The molecule has 0 aromatic rings. The van der Waals surface area contributed by atoms with E-state index in [-0.39, 0.29) is 38.6 Å². The molecule has 0 heterocycles. The number of rotatable bonds is 69. The van der Waals surface area contributed by atoms with Gasteiger partial charge in [-0.2, -0.15) is 0 Å². The standard InChI is InChI=1S/C90H141NO8/c1-6-8-10-12-14-16-18-20-22-24-26-28-30-32-34-36-38-40-41-42-43-44-45-46-47-49-51-53-55-57-59-61-63-65-67-69-71-73-75-77-79-81-88(93)99-86(85-98-90(89(94)95)96-83-82-91(3,4)5)84-97-87(92)80-78-76-74-72-70-68-66-64-62-60-58-56-54-52-50-48-39-37-35-33-31-29-27-25-23-21-19-17-15-13-11-9-7-2/h8-11,14-17,20-23,26-29,32-35,38-40,42-43,45-46,48-49,51,55,57,61,63,67,69,86,90H,6-7,12-13,18-19,24-25,30-31,36-37,41,44,47,50,52-54,56,58-60,62,64-66,68,70-85H2,1-5H3/b10-8-,11-9-,16-14-,17-15-,22-20-,23-21-,28-26-,29-27-,34-32-,35-33-,40-38-,43-42-,46-45-,48-39-,51-49-,57-55-,63-61-,69-67-. The minimum absolute atomic E-state index is 0.131. The first-order valence-electron chi connectivity index (χ1n) is 38.9. The van der Waals surface area contributed by atoms with E-state index in [2.05, 4.69) is 233 Å². The van der Waals surface area contributed by atoms with Gasteiger partial charge in [0, 0.05) is 12.8 Å². The highest BCUT2D eigenvalue weighted by Crippen LogP contribution is 2.16. The van der Waals surface area contributed by atoms with E-state index in [0.717, 1.165) is 167 Å². The molecule has 99 heavy (non-hydrogen) atoms. The number of unbranched alkanes of at least 4 members (excludes halogenated alkanes) is 18. The van der Waals surface area contributed by atoms with E-state index >= 15 is 0 Å². The zero-order chi connectivity index (χ0) is 71.8. The van der Waals surface area contributed by atoms with E-state index in [1.807, 2.05) is 21.1 Å². The Kier molecular flexibility index (Phi) is 72.4. The SMILES string of the molecule is CC/C=C\C/C=C\C/C=C\C/C=C\C/C=C\C/C=C\C/C=C\C/C=C\C/C=C\C/C=C\C/C=C\C/C=C\CCCCCCC(=O)OC(COC(=O)CCCCCCCCCCCCCCCC/C=C\C/C=C\C/C=C\C/C=C\C/C=C\C/C=C\CC)COC(OCC[N+](C)(C)C)C(=O)[O-]. The van der Waals surface area contributed by atoms with Gasteiger partial charge < -0.3 is 33.3 Å². The van der Waals surface area contributed by atoms with Crippen molar-refractivity contribution in [1.82, 2.24) is 0 Å². The van der Waals surface area contributed by atoms with Crippen molar-refractivity contribution < 1.29 is 42.9 Å². The Bertz CT molecular complexity index is 2440. The largest absolute Gasteiger partial charge is 0.545 e. The van der Waals surface area contributed by atoms with Crippen molar-refractivity contribution in [3.8, 4) is 0 Å². The van der Waals surface area contributed by atoms with Crippen LogP contribution in [-0.4, -0.2) is 82.3 Å². The Morgan fingerprint density at radius 3 is 0.808 bits per heavy atom. The number of hydrogen-bond acceptors (Lipinski definition) is 8. The van der Waals surface area contributed by atoms with E-state index in [1.165, 1.54) is 70.6 Å². The van der Waals surface area contributed by atoms with E-state index < -0.39 is 24.3 Å². The number of ether oxygens (including phenoxy) is 4. The number of likely N-dealkylation sites (N-methyl/N-ethyl adjacent to an activating group) is 1. The van der Waals surface area contributed by atoms with Gasteiger partial charge in [-0.1, -0.05) is 322 Å². The van der Waals surface area contributed by atoms with Gasteiger partial charge in [-0.05, 0) is 154 Å². The van der Waals surface area contributed by atoms with Gasteiger partial charge in [-0.25, -0.2) is 0 Å². The van der Waals surface area contributed by atoms with Gasteiger partial charge in [0.15, 0.2) is 12.4 Å². The summed E-state index contributed by atoms with van der Waals surface area (Å²) in [5, 5.41) is 11.9. The van der Waals surface area contributed by atoms with Gasteiger partial charge in [0.25, 0.3) is 0 Å². The van der Waals surface area contributed by atoms with Gasteiger partial charge in [-0.15, -0.1) is 0 Å². The molecule has 0 saturated carbocycles. The van der Waals surface area contributed by atoms with Crippen LogP contribution in [0.5, 0.6) is 0 Å². The fraction of sp³-hybridized carbons (Fsp3) is 0.567. The molecule has 0 aliphatic heterocycles. The predicted molar refractivity (Wildman–Crippen MR) is 425 cm³/mol. The van der Waals surface area contributed by atoms with Crippen LogP contribution in [0, 0.1) is 0 Å². The monoisotopic (exact) mass is 1360 g/mol. The molecule has 2 unspecified atom stereocenters. The summed E-state index contributed by atoms with van der Waals surface area (Å²) in [7, 11) is 5.91. The lowest BCUT2D eigenvalue weighted by Crippen LogP contribution is -2.44. The Morgan fingerprint density at radius 2 is 0.545 bits per heavy atom. The van der Waals surface area contributed by atoms with Crippen LogP contribution in [0.2, 0.25) is 0 Å². The molecule has 9 heteroatoms. The molecule has 0 saturated heterocycles. The van der Waals surface area contributed by atoms with Crippen molar-refractivity contribution in [2.45, 2.75) is 283 Å². The van der Waals surface area contributed by atoms with Crippen molar-refractivity contribution in [2.75, 3.05) is 47.5 Å². The first kappa shape index (κ1) is 92.6. The lowest BCUT2D eigenvalue weighted by Gasteiger charge is -2.26. The zero-order valence-electron chi connectivity index (χ0n) is 63.3. The fourth-order valence-corrected chi connectivity index (χ4v) is 9.87. The Balaban J connectivity index is 4.21. The maximum Gasteiger partial charge on any atom is 0.306 e. The van der Waals surface area contributed by atoms with Gasteiger partial charge in [-0.3, -0.25) is 9.59 Å². The molecule has 9 nitrogen and oxygen atoms in total. The Labute approximate surface area is 607 Å². The van der Waals surface area contributed by atoms with Crippen molar-refractivity contribution in [3.05, 3.63) is 219 Å². The molecule has 2 atom stereocenters. The molecule has 0 bridgehead atoms. The van der Waals surface area contributed by atoms with Crippen molar-refractivity contribution in [1.29, 1.82) is 0 Å². The number of allylic oxidation sites excluding steroid dienone is 36. The minimum Gasteiger partial charge on any atom is -0.545 e. The molecule has 0 aliphatic carbocycles. The maximum atomic E-state index is 13.0. The number of quaternary nitrogens is 1. The van der Waals surface area contributed by atoms with Gasteiger partial charge in [0.05, 0.1) is 40.3 Å².